The highest BCUT2D eigenvalue weighted by Crippen LogP contribution is 2.56. The molecule has 3 aliphatic carbocycles. The van der Waals surface area contributed by atoms with Crippen molar-refractivity contribution in [1.82, 2.24) is 0 Å². The lowest BCUT2D eigenvalue weighted by molar-refractivity contribution is 0.0296. The first kappa shape index (κ1) is 25.8. The molecule has 3 N–H and O–H groups in total. The van der Waals surface area contributed by atoms with Crippen LogP contribution < -0.4 is 0 Å². The van der Waals surface area contributed by atoms with Gasteiger partial charge in [0.2, 0.25) is 0 Å². The predicted molar refractivity (Wildman–Crippen MR) is 137 cm³/mol. The molecule has 0 saturated heterocycles. The van der Waals surface area contributed by atoms with Crippen LogP contribution in [0.1, 0.15) is 85.5 Å². The van der Waals surface area contributed by atoms with Gasteiger partial charge in [-0.05, 0) is 86.5 Å². The lowest BCUT2D eigenvalue weighted by atomic mass is 9.64. The van der Waals surface area contributed by atoms with Crippen LogP contribution in [0.5, 0.6) is 0 Å². The van der Waals surface area contributed by atoms with Crippen molar-refractivity contribution in [2.24, 2.45) is 11.3 Å². The normalized spacial score (nSPS) is 34.7. The molecule has 0 amide bonds. The zero-order valence-corrected chi connectivity index (χ0v) is 21.4. The minimum atomic E-state index is -0.629. The van der Waals surface area contributed by atoms with E-state index in [1.54, 1.807) is 5.57 Å². The molecule has 0 aromatic carbocycles. The van der Waals surface area contributed by atoms with Crippen LogP contribution in [-0.2, 0) is 0 Å². The lowest BCUT2D eigenvalue weighted by Gasteiger charge is -2.42. The third kappa shape index (κ3) is 5.46. The molecule has 3 aliphatic rings. The van der Waals surface area contributed by atoms with Gasteiger partial charge in [-0.2, -0.15) is 11.8 Å². The Balaban J connectivity index is 1.68. The van der Waals surface area contributed by atoms with E-state index in [-0.39, 0.29) is 5.41 Å². The topological polar surface area (TPSA) is 60.7 Å². The Morgan fingerprint density at radius 2 is 2.00 bits per heavy atom. The van der Waals surface area contributed by atoms with Crippen molar-refractivity contribution in [3.63, 3.8) is 0 Å². The maximum absolute atomic E-state index is 10.6. The van der Waals surface area contributed by atoms with Gasteiger partial charge in [-0.25, -0.2) is 0 Å². The Morgan fingerprint density at radius 3 is 2.69 bits per heavy atom. The molecule has 3 rings (SSSR count). The van der Waals surface area contributed by atoms with E-state index >= 15 is 0 Å². The fraction of sp³-hybridized carbons (Fsp3) is 0.714. The van der Waals surface area contributed by atoms with Gasteiger partial charge in [-0.1, -0.05) is 56.7 Å². The van der Waals surface area contributed by atoms with Crippen LogP contribution in [0.25, 0.3) is 0 Å². The van der Waals surface area contributed by atoms with Crippen LogP contribution in [0.2, 0.25) is 0 Å². The van der Waals surface area contributed by atoms with Gasteiger partial charge in [0, 0.05) is 11.7 Å². The fourth-order valence-electron chi connectivity index (χ4n) is 6.07. The summed E-state index contributed by atoms with van der Waals surface area (Å²) in [5, 5.41) is 31.3. The molecule has 0 heterocycles. The minimum Gasteiger partial charge on any atom is -0.393 e. The zero-order valence-electron chi connectivity index (χ0n) is 20.6. The van der Waals surface area contributed by atoms with E-state index in [0.29, 0.717) is 24.0 Å². The SMILES string of the molecule is C=C1/C(=C\C=C2/CCC[C@]3(C)C(C(C)SCCC(O)(CC)CC)=CC[C@@H]23)C[C@@H](O)C[C@@H]1O. The second kappa shape index (κ2) is 10.6. The van der Waals surface area contributed by atoms with Gasteiger partial charge in [-0.15, -0.1) is 0 Å². The minimum absolute atomic E-state index is 0.212. The second-order valence-corrected chi connectivity index (χ2v) is 11.9. The molecule has 0 aromatic rings. The molecule has 2 saturated carbocycles. The maximum atomic E-state index is 10.6. The summed E-state index contributed by atoms with van der Waals surface area (Å²) in [6.45, 7) is 13.0. The van der Waals surface area contributed by atoms with Crippen LogP contribution >= 0.6 is 11.8 Å². The first-order valence-corrected chi connectivity index (χ1v) is 13.7. The highest BCUT2D eigenvalue weighted by molar-refractivity contribution is 8.00. The van der Waals surface area contributed by atoms with E-state index in [1.807, 2.05) is 11.8 Å². The van der Waals surface area contributed by atoms with Gasteiger partial charge in [-0.3, -0.25) is 0 Å². The molecule has 3 nitrogen and oxygen atoms in total. The Morgan fingerprint density at radius 1 is 1.28 bits per heavy atom. The molecule has 2 fully saturated rings. The largest absolute Gasteiger partial charge is 0.393 e. The highest BCUT2D eigenvalue weighted by Gasteiger charge is 2.46. The van der Waals surface area contributed by atoms with Crippen molar-refractivity contribution in [3.8, 4) is 0 Å². The molecule has 0 aliphatic heterocycles. The van der Waals surface area contributed by atoms with Crippen molar-refractivity contribution >= 4 is 11.8 Å². The molecule has 4 heteroatoms. The summed E-state index contributed by atoms with van der Waals surface area (Å²) in [6.07, 6.45) is 13.9. The molecule has 32 heavy (non-hydrogen) atoms. The predicted octanol–water partition coefficient (Wildman–Crippen LogP) is 6.11. The quantitative estimate of drug-likeness (QED) is 0.382. The van der Waals surface area contributed by atoms with Gasteiger partial charge in [0.25, 0.3) is 0 Å². The van der Waals surface area contributed by atoms with E-state index in [9.17, 15) is 15.3 Å². The third-order valence-corrected chi connectivity index (χ3v) is 9.76. The number of allylic oxidation sites excluding steroid dienone is 4. The van der Waals surface area contributed by atoms with E-state index in [2.05, 4.69) is 52.5 Å². The molecular weight excluding hydrogens is 416 g/mol. The van der Waals surface area contributed by atoms with Crippen molar-refractivity contribution in [2.45, 2.75) is 109 Å². The Hall–Kier alpha value is -0.810. The number of aliphatic hydroxyl groups excluding tert-OH is 2. The number of hydrogen-bond donors (Lipinski definition) is 3. The molecule has 0 bridgehead atoms. The number of fused-ring (bicyclic) bond motifs is 1. The Bertz CT molecular complexity index is 776. The van der Waals surface area contributed by atoms with Crippen molar-refractivity contribution in [3.05, 3.63) is 47.1 Å². The summed E-state index contributed by atoms with van der Waals surface area (Å²) in [5.41, 5.74) is 4.55. The summed E-state index contributed by atoms with van der Waals surface area (Å²) >= 11 is 2.00. The smallest absolute Gasteiger partial charge is 0.0811 e. The van der Waals surface area contributed by atoms with Crippen LogP contribution in [0.15, 0.2) is 47.1 Å². The van der Waals surface area contributed by atoms with E-state index in [4.69, 9.17) is 0 Å². The Labute approximate surface area is 199 Å². The lowest BCUT2D eigenvalue weighted by Crippen LogP contribution is -2.33. The summed E-state index contributed by atoms with van der Waals surface area (Å²) in [4.78, 5) is 0. The van der Waals surface area contributed by atoms with Crippen LogP contribution in [0.4, 0.5) is 0 Å². The van der Waals surface area contributed by atoms with Crippen molar-refractivity contribution in [2.75, 3.05) is 5.75 Å². The van der Waals surface area contributed by atoms with Gasteiger partial charge < -0.3 is 15.3 Å². The van der Waals surface area contributed by atoms with Crippen LogP contribution in [0.3, 0.4) is 0 Å². The number of hydrogen-bond acceptors (Lipinski definition) is 4. The van der Waals surface area contributed by atoms with E-state index in [1.165, 1.54) is 18.4 Å². The van der Waals surface area contributed by atoms with Gasteiger partial charge in [0.05, 0.1) is 17.8 Å². The molecule has 0 radical (unpaired) electrons. The van der Waals surface area contributed by atoms with E-state index in [0.717, 1.165) is 49.0 Å². The number of aliphatic hydroxyl groups is 3. The number of rotatable bonds is 8. The summed E-state index contributed by atoms with van der Waals surface area (Å²) in [5.74, 6) is 1.54. The van der Waals surface area contributed by atoms with Crippen molar-refractivity contribution < 1.29 is 15.3 Å². The molecule has 0 spiro atoms. The first-order valence-electron chi connectivity index (χ1n) is 12.6. The second-order valence-electron chi connectivity index (χ2n) is 10.5. The third-order valence-electron chi connectivity index (χ3n) is 8.56. The van der Waals surface area contributed by atoms with Crippen LogP contribution in [-0.4, -0.2) is 44.1 Å². The summed E-state index contributed by atoms with van der Waals surface area (Å²) in [6, 6.07) is 0. The van der Waals surface area contributed by atoms with Gasteiger partial charge >= 0.3 is 0 Å². The average Bonchev–Trinajstić information content (AvgIpc) is 3.12. The van der Waals surface area contributed by atoms with Crippen molar-refractivity contribution in [1.29, 1.82) is 0 Å². The zero-order chi connectivity index (χ0) is 23.5. The Kier molecular flexibility index (Phi) is 8.57. The molecule has 180 valence electrons. The molecule has 0 aromatic heterocycles. The maximum Gasteiger partial charge on any atom is 0.0811 e. The first-order chi connectivity index (χ1) is 15.1. The van der Waals surface area contributed by atoms with Crippen LogP contribution in [0, 0.1) is 11.3 Å². The fourth-order valence-corrected chi connectivity index (χ4v) is 7.46. The standard InChI is InChI=1S/C28H44O3S/c1-6-28(31,7-2)15-16-32-20(4)24-12-13-25-21(9-8-14-27(24,25)5)10-11-22-17-23(29)18-26(30)19(22)3/h10-12,20,23,25-26,29-31H,3,6-9,13-18H2,1-2,4-5H3/b21-10+,22-11-/t20?,23-,25+,26+,27-/m1/s1. The summed E-state index contributed by atoms with van der Waals surface area (Å²) < 4.78 is 0. The summed E-state index contributed by atoms with van der Waals surface area (Å²) in [7, 11) is 0. The molecule has 5 atom stereocenters. The molecule has 1 unspecified atom stereocenters. The van der Waals surface area contributed by atoms with E-state index < -0.39 is 17.8 Å². The van der Waals surface area contributed by atoms with Gasteiger partial charge in [0.1, 0.15) is 0 Å². The highest BCUT2D eigenvalue weighted by atomic mass is 32.2. The monoisotopic (exact) mass is 460 g/mol. The average molecular weight is 461 g/mol. The van der Waals surface area contributed by atoms with Gasteiger partial charge in [0.15, 0.2) is 0 Å². The molecular formula is C28H44O3S. The number of thioether (sulfide) groups is 1.